The number of aryl methyl sites for hydroxylation is 1. The van der Waals surface area contributed by atoms with E-state index in [0.717, 1.165) is 26.9 Å². The topological polar surface area (TPSA) is 59.4 Å². The Morgan fingerprint density at radius 1 is 1.03 bits per heavy atom. The standard InChI is InChI=1S/C19H17NO3S2.2C2H6/c1-13-17(25-19(20-13)14-5-3-2-4-6-14)12-24-16-9-7-15(8-10-16)23-11-18(21)22;2*1-2/h2-10H,11-12H2,1H3,(H,21,22);2*1-2H3. The van der Waals surface area contributed by atoms with Crippen molar-refractivity contribution in [3.8, 4) is 16.3 Å². The third kappa shape index (κ3) is 8.30. The van der Waals surface area contributed by atoms with E-state index in [1.807, 2.05) is 65.0 Å². The molecule has 1 N–H and O–H groups in total. The van der Waals surface area contributed by atoms with Crippen LogP contribution in [0.4, 0.5) is 0 Å². The summed E-state index contributed by atoms with van der Waals surface area (Å²) in [4.78, 5) is 17.5. The number of thiazole rings is 1. The Labute approximate surface area is 182 Å². The average Bonchev–Trinajstić information content (AvgIpc) is 3.15. The van der Waals surface area contributed by atoms with Gasteiger partial charge in [-0.2, -0.15) is 0 Å². The number of ether oxygens (including phenoxy) is 1. The molecule has 0 unspecified atom stereocenters. The highest BCUT2D eigenvalue weighted by Crippen LogP contribution is 2.33. The Bertz CT molecular complexity index is 846. The lowest BCUT2D eigenvalue weighted by molar-refractivity contribution is -0.139. The minimum absolute atomic E-state index is 0.325. The summed E-state index contributed by atoms with van der Waals surface area (Å²) < 4.78 is 5.14. The molecule has 3 aromatic rings. The first kappa shape index (κ1) is 24.7. The van der Waals surface area contributed by atoms with E-state index in [-0.39, 0.29) is 6.61 Å². The molecule has 156 valence electrons. The molecule has 4 nitrogen and oxygen atoms in total. The highest BCUT2D eigenvalue weighted by molar-refractivity contribution is 7.98. The zero-order valence-electron chi connectivity index (χ0n) is 17.6. The van der Waals surface area contributed by atoms with Crippen molar-refractivity contribution in [2.45, 2.75) is 45.3 Å². The fourth-order valence-electron chi connectivity index (χ4n) is 2.19. The van der Waals surface area contributed by atoms with Crippen LogP contribution in [0.3, 0.4) is 0 Å². The molecule has 29 heavy (non-hydrogen) atoms. The molecule has 2 aromatic carbocycles. The quantitative estimate of drug-likeness (QED) is 0.411. The highest BCUT2D eigenvalue weighted by Gasteiger charge is 2.10. The van der Waals surface area contributed by atoms with E-state index in [1.165, 1.54) is 4.88 Å². The number of aliphatic carboxylic acids is 1. The predicted octanol–water partition coefficient (Wildman–Crippen LogP) is 6.93. The number of nitrogens with zero attached hydrogens (tertiary/aromatic N) is 1. The first-order valence-corrected chi connectivity index (χ1v) is 11.5. The van der Waals surface area contributed by atoms with Crippen molar-refractivity contribution in [3.05, 3.63) is 65.2 Å². The molecule has 0 bridgehead atoms. The molecule has 1 aromatic heterocycles. The Morgan fingerprint density at radius 2 is 1.66 bits per heavy atom. The molecule has 0 atom stereocenters. The van der Waals surface area contributed by atoms with E-state index in [0.29, 0.717) is 5.75 Å². The molecule has 0 radical (unpaired) electrons. The van der Waals surface area contributed by atoms with Gasteiger partial charge in [0.15, 0.2) is 6.61 Å². The summed E-state index contributed by atoms with van der Waals surface area (Å²) in [5.74, 6) is 0.437. The second-order valence-corrected chi connectivity index (χ2v) is 7.47. The average molecular weight is 432 g/mol. The van der Waals surface area contributed by atoms with Crippen molar-refractivity contribution in [2.24, 2.45) is 0 Å². The summed E-state index contributed by atoms with van der Waals surface area (Å²) in [6.07, 6.45) is 0. The Morgan fingerprint density at radius 3 is 2.24 bits per heavy atom. The van der Waals surface area contributed by atoms with Gasteiger partial charge in [0.2, 0.25) is 0 Å². The Hall–Kier alpha value is -2.31. The molecular weight excluding hydrogens is 402 g/mol. The van der Waals surface area contributed by atoms with E-state index in [4.69, 9.17) is 9.84 Å². The maximum Gasteiger partial charge on any atom is 0.341 e. The van der Waals surface area contributed by atoms with E-state index < -0.39 is 5.97 Å². The van der Waals surface area contributed by atoms with E-state index in [1.54, 1.807) is 35.2 Å². The van der Waals surface area contributed by atoms with Crippen LogP contribution < -0.4 is 4.74 Å². The summed E-state index contributed by atoms with van der Waals surface area (Å²) in [5.41, 5.74) is 2.21. The molecule has 0 saturated heterocycles. The summed E-state index contributed by atoms with van der Waals surface area (Å²) in [5, 5.41) is 9.66. The van der Waals surface area contributed by atoms with E-state index in [9.17, 15) is 4.79 Å². The number of carboxylic acids is 1. The van der Waals surface area contributed by atoms with Crippen molar-refractivity contribution in [2.75, 3.05) is 6.61 Å². The molecule has 0 spiro atoms. The number of aromatic nitrogens is 1. The number of thioether (sulfide) groups is 1. The van der Waals surface area contributed by atoms with Crippen LogP contribution in [0.5, 0.6) is 5.75 Å². The van der Waals surface area contributed by atoms with Gasteiger partial charge in [0.1, 0.15) is 10.8 Å². The van der Waals surface area contributed by atoms with Gasteiger partial charge >= 0.3 is 5.97 Å². The Kier molecular flexibility index (Phi) is 11.8. The molecule has 3 rings (SSSR count). The maximum absolute atomic E-state index is 10.5. The van der Waals surface area contributed by atoms with Crippen LogP contribution in [-0.2, 0) is 10.5 Å². The van der Waals surface area contributed by atoms with Gasteiger partial charge in [-0.05, 0) is 31.2 Å². The third-order valence-electron chi connectivity index (χ3n) is 3.47. The zero-order valence-corrected chi connectivity index (χ0v) is 19.3. The molecular formula is C23H29NO3S2. The first-order valence-electron chi connectivity index (χ1n) is 9.71. The summed E-state index contributed by atoms with van der Waals surface area (Å²) >= 11 is 3.45. The summed E-state index contributed by atoms with van der Waals surface area (Å²) in [6.45, 7) is 9.72. The van der Waals surface area contributed by atoms with Crippen molar-refractivity contribution in [1.82, 2.24) is 4.98 Å². The Balaban J connectivity index is 0.000000989. The molecule has 0 amide bonds. The van der Waals surface area contributed by atoms with Gasteiger partial charge in [-0.3, -0.25) is 0 Å². The maximum atomic E-state index is 10.5. The van der Waals surface area contributed by atoms with Crippen LogP contribution in [-0.4, -0.2) is 22.7 Å². The molecule has 0 aliphatic rings. The normalized spacial score (nSPS) is 9.55. The zero-order chi connectivity index (χ0) is 21.6. The fourth-order valence-corrected chi connectivity index (χ4v) is 4.30. The van der Waals surface area contributed by atoms with Crippen LogP contribution in [0, 0.1) is 6.92 Å². The fraction of sp³-hybridized carbons (Fsp3) is 0.304. The van der Waals surface area contributed by atoms with Gasteiger partial charge in [0.05, 0.1) is 5.69 Å². The third-order valence-corrected chi connectivity index (χ3v) is 5.90. The molecule has 0 aliphatic carbocycles. The van der Waals surface area contributed by atoms with Crippen molar-refractivity contribution >= 4 is 29.1 Å². The van der Waals surface area contributed by atoms with Crippen LogP contribution >= 0.6 is 23.1 Å². The SMILES string of the molecule is CC.CC.Cc1nc(-c2ccccc2)sc1CSc1ccc(OCC(=O)O)cc1. The van der Waals surface area contributed by atoms with Gasteiger partial charge in [-0.25, -0.2) is 9.78 Å². The van der Waals surface area contributed by atoms with Crippen LogP contribution in [0.1, 0.15) is 38.3 Å². The van der Waals surface area contributed by atoms with Gasteiger partial charge in [-0.1, -0.05) is 58.0 Å². The van der Waals surface area contributed by atoms with Gasteiger partial charge in [-0.15, -0.1) is 23.1 Å². The molecule has 0 fully saturated rings. The largest absolute Gasteiger partial charge is 0.482 e. The van der Waals surface area contributed by atoms with Crippen molar-refractivity contribution in [3.63, 3.8) is 0 Å². The van der Waals surface area contributed by atoms with E-state index in [2.05, 4.69) is 17.1 Å². The van der Waals surface area contributed by atoms with Crippen molar-refractivity contribution < 1.29 is 14.6 Å². The number of carbonyl (C=O) groups is 1. The molecule has 6 heteroatoms. The first-order chi connectivity index (χ1) is 14.1. The lowest BCUT2D eigenvalue weighted by Gasteiger charge is -2.04. The molecule has 0 saturated carbocycles. The van der Waals surface area contributed by atoms with Crippen LogP contribution in [0.2, 0.25) is 0 Å². The minimum Gasteiger partial charge on any atom is -0.482 e. The smallest absolute Gasteiger partial charge is 0.341 e. The number of rotatable bonds is 7. The molecule has 1 heterocycles. The van der Waals surface area contributed by atoms with Gasteiger partial charge < -0.3 is 9.84 Å². The number of carboxylic acid groups (broad SMARTS) is 1. The van der Waals surface area contributed by atoms with Crippen LogP contribution in [0.15, 0.2) is 59.5 Å². The lowest BCUT2D eigenvalue weighted by Crippen LogP contribution is -2.09. The minimum atomic E-state index is -0.978. The molecule has 0 aliphatic heterocycles. The van der Waals surface area contributed by atoms with Gasteiger partial charge in [0.25, 0.3) is 0 Å². The highest BCUT2D eigenvalue weighted by atomic mass is 32.2. The number of hydrogen-bond donors (Lipinski definition) is 1. The van der Waals surface area contributed by atoms with Gasteiger partial charge in [0, 0.05) is 21.1 Å². The van der Waals surface area contributed by atoms with Crippen LogP contribution in [0.25, 0.3) is 10.6 Å². The second-order valence-electron chi connectivity index (χ2n) is 5.34. The number of hydrogen-bond acceptors (Lipinski definition) is 5. The lowest BCUT2D eigenvalue weighted by atomic mass is 10.2. The summed E-state index contributed by atoms with van der Waals surface area (Å²) in [6, 6.07) is 17.7. The number of benzene rings is 2. The monoisotopic (exact) mass is 431 g/mol. The summed E-state index contributed by atoms with van der Waals surface area (Å²) in [7, 11) is 0. The predicted molar refractivity (Wildman–Crippen MR) is 124 cm³/mol. The van der Waals surface area contributed by atoms with E-state index >= 15 is 0 Å². The second kappa shape index (κ2) is 13.8. The van der Waals surface area contributed by atoms with Crippen molar-refractivity contribution in [1.29, 1.82) is 0 Å².